The van der Waals surface area contributed by atoms with Crippen molar-refractivity contribution in [3.05, 3.63) is 72.7 Å². The van der Waals surface area contributed by atoms with Gasteiger partial charge in [0.1, 0.15) is 17.9 Å². The zero-order valence-corrected chi connectivity index (χ0v) is 14.6. The molecule has 0 aliphatic rings. The molecule has 0 aliphatic heterocycles. The summed E-state index contributed by atoms with van der Waals surface area (Å²) in [5.74, 6) is 1.59. The zero-order valence-electron chi connectivity index (χ0n) is 14.6. The lowest BCUT2D eigenvalue weighted by atomic mass is 10.1. The molecule has 130 valence electrons. The van der Waals surface area contributed by atoms with Gasteiger partial charge in [-0.05, 0) is 25.1 Å². The Bertz CT molecular complexity index is 1030. The number of hydrogen-bond donors (Lipinski definition) is 1. The van der Waals surface area contributed by atoms with Gasteiger partial charge in [0.25, 0.3) is 0 Å². The smallest absolute Gasteiger partial charge is 0.168 e. The molecule has 0 amide bonds. The van der Waals surface area contributed by atoms with Crippen LogP contribution in [0.3, 0.4) is 0 Å². The summed E-state index contributed by atoms with van der Waals surface area (Å²) in [6.45, 7) is 2.08. The Morgan fingerprint density at radius 3 is 2.58 bits per heavy atom. The van der Waals surface area contributed by atoms with Gasteiger partial charge in [0, 0.05) is 5.56 Å². The summed E-state index contributed by atoms with van der Waals surface area (Å²) in [5.41, 5.74) is 2.79. The van der Waals surface area contributed by atoms with Gasteiger partial charge >= 0.3 is 0 Å². The van der Waals surface area contributed by atoms with Crippen molar-refractivity contribution in [2.24, 2.45) is 0 Å². The van der Waals surface area contributed by atoms with Gasteiger partial charge in [-0.15, -0.1) is 0 Å². The Kier molecular flexibility index (Phi) is 4.23. The predicted octanol–water partition coefficient (Wildman–Crippen LogP) is 4.00. The van der Waals surface area contributed by atoms with E-state index in [1.165, 1.54) is 0 Å². The summed E-state index contributed by atoms with van der Waals surface area (Å²) in [5, 5.41) is 8.82. The van der Waals surface area contributed by atoms with Crippen LogP contribution in [-0.4, -0.2) is 26.9 Å². The summed E-state index contributed by atoms with van der Waals surface area (Å²) < 4.78 is 7.28. The van der Waals surface area contributed by atoms with Gasteiger partial charge in [-0.2, -0.15) is 5.10 Å². The van der Waals surface area contributed by atoms with E-state index < -0.39 is 0 Å². The largest absolute Gasteiger partial charge is 0.496 e. The van der Waals surface area contributed by atoms with Crippen LogP contribution in [-0.2, 0) is 0 Å². The maximum atomic E-state index is 5.46. The quantitative estimate of drug-likeness (QED) is 0.592. The third-order valence-electron chi connectivity index (χ3n) is 4.33. The predicted molar refractivity (Wildman–Crippen MR) is 102 cm³/mol. The van der Waals surface area contributed by atoms with Crippen LogP contribution >= 0.6 is 0 Å². The van der Waals surface area contributed by atoms with E-state index in [0.717, 1.165) is 33.9 Å². The Hall–Kier alpha value is -3.41. The van der Waals surface area contributed by atoms with Crippen LogP contribution < -0.4 is 10.1 Å². The summed E-state index contributed by atoms with van der Waals surface area (Å²) in [6.07, 6.45) is 3.35. The van der Waals surface area contributed by atoms with Crippen LogP contribution in [0, 0.1) is 0 Å². The monoisotopic (exact) mass is 345 g/mol. The summed E-state index contributed by atoms with van der Waals surface area (Å²) >= 11 is 0. The standard InChI is InChI=1S/C20H19N5O/c1-14(16-10-6-7-11-18(16)26-2)24-19-17-12-23-25(20(17)22-13-21-19)15-8-4-3-5-9-15/h3-14H,1-2H3,(H,21,22,24)/t14-/m0/s1. The highest BCUT2D eigenvalue weighted by Gasteiger charge is 2.15. The molecule has 2 aromatic heterocycles. The molecule has 0 spiro atoms. The van der Waals surface area contributed by atoms with Crippen LogP contribution in [0.4, 0.5) is 5.82 Å². The molecule has 0 unspecified atom stereocenters. The molecule has 0 saturated carbocycles. The molecule has 6 heteroatoms. The highest BCUT2D eigenvalue weighted by Crippen LogP contribution is 2.29. The normalized spacial score (nSPS) is 12.1. The Morgan fingerprint density at radius 1 is 1.00 bits per heavy atom. The van der Waals surface area contributed by atoms with Crippen LogP contribution in [0.2, 0.25) is 0 Å². The number of nitrogens with one attached hydrogen (secondary N) is 1. The van der Waals surface area contributed by atoms with Gasteiger partial charge in [-0.1, -0.05) is 36.4 Å². The number of nitrogens with zero attached hydrogens (tertiary/aromatic N) is 4. The Morgan fingerprint density at radius 2 is 1.77 bits per heavy atom. The first-order chi connectivity index (χ1) is 12.8. The molecule has 1 N–H and O–H groups in total. The van der Waals surface area contributed by atoms with Gasteiger partial charge in [-0.3, -0.25) is 0 Å². The van der Waals surface area contributed by atoms with E-state index in [4.69, 9.17) is 4.74 Å². The molecule has 4 rings (SSSR count). The number of aromatic nitrogens is 4. The number of hydrogen-bond acceptors (Lipinski definition) is 5. The molecule has 6 nitrogen and oxygen atoms in total. The first-order valence-corrected chi connectivity index (χ1v) is 8.41. The summed E-state index contributed by atoms with van der Waals surface area (Å²) in [4.78, 5) is 8.84. The fraction of sp³-hybridized carbons (Fsp3) is 0.150. The number of anilines is 1. The molecule has 0 bridgehead atoms. The highest BCUT2D eigenvalue weighted by atomic mass is 16.5. The first-order valence-electron chi connectivity index (χ1n) is 8.41. The second-order valence-corrected chi connectivity index (χ2v) is 5.96. The maximum Gasteiger partial charge on any atom is 0.168 e. The van der Waals surface area contributed by atoms with Crippen molar-refractivity contribution < 1.29 is 4.74 Å². The van der Waals surface area contributed by atoms with Crippen molar-refractivity contribution in [1.29, 1.82) is 0 Å². The third kappa shape index (κ3) is 2.86. The highest BCUT2D eigenvalue weighted by molar-refractivity contribution is 5.87. The van der Waals surface area contributed by atoms with Gasteiger partial charge in [-0.25, -0.2) is 14.6 Å². The molecule has 1 atom stereocenters. The topological polar surface area (TPSA) is 64.9 Å². The molecular weight excluding hydrogens is 326 g/mol. The van der Waals surface area contributed by atoms with E-state index in [2.05, 4.69) is 27.3 Å². The van der Waals surface area contributed by atoms with E-state index >= 15 is 0 Å². The second-order valence-electron chi connectivity index (χ2n) is 5.96. The molecule has 2 aromatic carbocycles. The molecule has 2 heterocycles. The number of ether oxygens (including phenoxy) is 1. The number of methoxy groups -OCH3 is 1. The minimum absolute atomic E-state index is 0.0179. The number of fused-ring (bicyclic) bond motifs is 1. The van der Waals surface area contributed by atoms with Gasteiger partial charge in [0.05, 0.1) is 30.4 Å². The van der Waals surface area contributed by atoms with Crippen molar-refractivity contribution in [1.82, 2.24) is 19.7 Å². The minimum atomic E-state index is 0.0179. The van der Waals surface area contributed by atoms with E-state index in [-0.39, 0.29) is 6.04 Å². The first kappa shape index (κ1) is 16.1. The molecule has 0 aliphatic carbocycles. The van der Waals surface area contributed by atoms with Crippen LogP contribution in [0.25, 0.3) is 16.7 Å². The molecule has 0 fully saturated rings. The third-order valence-corrected chi connectivity index (χ3v) is 4.33. The SMILES string of the molecule is COc1ccccc1[C@H](C)Nc1ncnc2c1cnn2-c1ccccc1. The van der Waals surface area contributed by atoms with E-state index in [1.54, 1.807) is 19.6 Å². The zero-order chi connectivity index (χ0) is 17.9. The summed E-state index contributed by atoms with van der Waals surface area (Å²) in [6, 6.07) is 17.9. The van der Waals surface area contributed by atoms with Crippen molar-refractivity contribution in [2.75, 3.05) is 12.4 Å². The van der Waals surface area contributed by atoms with Crippen molar-refractivity contribution in [3.8, 4) is 11.4 Å². The van der Waals surface area contributed by atoms with E-state index in [0.29, 0.717) is 0 Å². The molecule has 0 saturated heterocycles. The fourth-order valence-corrected chi connectivity index (χ4v) is 3.02. The molecule has 26 heavy (non-hydrogen) atoms. The van der Waals surface area contributed by atoms with Crippen molar-refractivity contribution in [3.63, 3.8) is 0 Å². The Balaban J connectivity index is 1.71. The van der Waals surface area contributed by atoms with Crippen LogP contribution in [0.5, 0.6) is 5.75 Å². The van der Waals surface area contributed by atoms with E-state index in [1.807, 2.05) is 59.3 Å². The summed E-state index contributed by atoms with van der Waals surface area (Å²) in [7, 11) is 1.68. The lowest BCUT2D eigenvalue weighted by Gasteiger charge is -2.18. The van der Waals surface area contributed by atoms with Crippen molar-refractivity contribution >= 4 is 16.9 Å². The maximum absolute atomic E-state index is 5.46. The lowest BCUT2D eigenvalue weighted by Crippen LogP contribution is -2.10. The minimum Gasteiger partial charge on any atom is -0.496 e. The molecule has 0 radical (unpaired) electrons. The van der Waals surface area contributed by atoms with Crippen molar-refractivity contribution in [2.45, 2.75) is 13.0 Å². The average molecular weight is 345 g/mol. The lowest BCUT2D eigenvalue weighted by molar-refractivity contribution is 0.408. The number of benzene rings is 2. The van der Waals surface area contributed by atoms with Crippen LogP contribution in [0.15, 0.2) is 67.1 Å². The fourth-order valence-electron chi connectivity index (χ4n) is 3.02. The van der Waals surface area contributed by atoms with E-state index in [9.17, 15) is 0 Å². The molecule has 4 aromatic rings. The van der Waals surface area contributed by atoms with Gasteiger partial charge in [0.2, 0.25) is 0 Å². The van der Waals surface area contributed by atoms with Crippen LogP contribution in [0.1, 0.15) is 18.5 Å². The van der Waals surface area contributed by atoms with Gasteiger partial charge < -0.3 is 10.1 Å². The van der Waals surface area contributed by atoms with Gasteiger partial charge in [0.15, 0.2) is 5.65 Å². The Labute approximate surface area is 151 Å². The second kappa shape index (κ2) is 6.84. The average Bonchev–Trinajstić information content (AvgIpc) is 3.14. The molecular formula is C20H19N5O. The number of para-hydroxylation sites is 2. The number of rotatable bonds is 5.